The van der Waals surface area contributed by atoms with Crippen molar-refractivity contribution in [2.75, 3.05) is 29.6 Å². The quantitative estimate of drug-likeness (QED) is 0.476. The normalized spacial score (nSPS) is 14.5. The molecule has 0 radical (unpaired) electrons. The lowest BCUT2D eigenvalue weighted by Gasteiger charge is -2.36. The molecule has 0 unspecified atom stereocenters. The van der Waals surface area contributed by atoms with Crippen LogP contribution >= 0.6 is 0 Å². The van der Waals surface area contributed by atoms with Crippen molar-refractivity contribution >= 4 is 33.1 Å². The van der Waals surface area contributed by atoms with Gasteiger partial charge in [0.25, 0.3) is 5.91 Å². The van der Waals surface area contributed by atoms with Crippen LogP contribution < -0.4 is 10.2 Å². The highest BCUT2D eigenvalue weighted by molar-refractivity contribution is 7.91. The molecule has 11 heteroatoms. The number of aromatic nitrogens is 4. The number of sulfone groups is 1. The minimum atomic E-state index is -3.09. The summed E-state index contributed by atoms with van der Waals surface area (Å²) in [5.74, 6) is 0.0707. The third-order valence-corrected chi connectivity index (χ3v) is 7.29. The minimum Gasteiger partial charge on any atom is -0.322 e. The number of pyridine rings is 1. The molecule has 3 aromatic heterocycles. The fourth-order valence-corrected chi connectivity index (χ4v) is 4.56. The van der Waals surface area contributed by atoms with E-state index in [1.165, 1.54) is 6.26 Å². The number of hydrogen-bond acceptors (Lipinski definition) is 8. The molecular formula is C22H22N6O4S. The summed E-state index contributed by atoms with van der Waals surface area (Å²) in [6.45, 7) is 4.52. The molecule has 0 atom stereocenters. The van der Waals surface area contributed by atoms with Crippen molar-refractivity contribution in [1.82, 2.24) is 19.5 Å². The van der Waals surface area contributed by atoms with Gasteiger partial charge in [0.2, 0.25) is 5.82 Å². The molecule has 5 rings (SSSR count). The second-order valence-corrected chi connectivity index (χ2v) is 10.6. The van der Waals surface area contributed by atoms with Crippen molar-refractivity contribution in [1.29, 1.82) is 0 Å². The Kier molecular flexibility index (Phi) is 4.93. The topological polar surface area (TPSA) is 123 Å². The predicted octanol–water partition coefficient (Wildman–Crippen LogP) is 2.49. The average molecular weight is 467 g/mol. The number of fused-ring (bicyclic) bond motifs is 1. The van der Waals surface area contributed by atoms with Gasteiger partial charge in [0, 0.05) is 36.8 Å². The van der Waals surface area contributed by atoms with E-state index in [1.807, 2.05) is 44.3 Å². The van der Waals surface area contributed by atoms with Gasteiger partial charge < -0.3 is 14.7 Å². The summed E-state index contributed by atoms with van der Waals surface area (Å²) in [5, 5.41) is 6.54. The minimum absolute atomic E-state index is 0.275. The summed E-state index contributed by atoms with van der Waals surface area (Å²) in [6, 6.07) is 9.59. The van der Waals surface area contributed by atoms with Gasteiger partial charge in [0.05, 0.1) is 11.4 Å². The Morgan fingerprint density at radius 2 is 1.97 bits per heavy atom. The number of rotatable bonds is 5. The number of imidazole rings is 1. The third kappa shape index (κ3) is 3.95. The van der Waals surface area contributed by atoms with Crippen LogP contribution in [-0.4, -0.2) is 58.4 Å². The lowest BCUT2D eigenvalue weighted by Crippen LogP contribution is -2.54. The molecule has 1 fully saturated rings. The average Bonchev–Trinajstić information content (AvgIpc) is 3.34. The van der Waals surface area contributed by atoms with E-state index >= 15 is 0 Å². The number of nitrogens with one attached hydrogen (secondary N) is 1. The molecule has 1 amide bonds. The molecule has 10 nitrogen and oxygen atoms in total. The second kappa shape index (κ2) is 7.69. The summed E-state index contributed by atoms with van der Waals surface area (Å²) in [7, 11) is -3.09. The Bertz CT molecular complexity index is 1480. The Hall–Kier alpha value is -3.73. The first-order valence-corrected chi connectivity index (χ1v) is 12.3. The first-order chi connectivity index (χ1) is 15.7. The summed E-state index contributed by atoms with van der Waals surface area (Å²) in [5.41, 5.74) is 4.35. The van der Waals surface area contributed by atoms with E-state index < -0.39 is 15.1 Å². The molecular weight excluding hydrogens is 444 g/mol. The highest BCUT2D eigenvalue weighted by Gasteiger charge is 2.37. The van der Waals surface area contributed by atoms with Crippen molar-refractivity contribution in [3.63, 3.8) is 0 Å². The van der Waals surface area contributed by atoms with E-state index in [4.69, 9.17) is 4.52 Å². The maximum Gasteiger partial charge on any atom is 0.324 e. The zero-order chi connectivity index (χ0) is 23.3. The molecule has 170 valence electrons. The smallest absolute Gasteiger partial charge is 0.322 e. The lowest BCUT2D eigenvalue weighted by molar-refractivity contribution is 0.102. The monoisotopic (exact) mass is 466 g/mol. The fourth-order valence-electron chi connectivity index (χ4n) is 3.66. The molecule has 1 aliphatic heterocycles. The number of anilines is 2. The van der Waals surface area contributed by atoms with E-state index in [-0.39, 0.29) is 11.9 Å². The number of carbonyl (C=O) groups excluding carboxylic acids is 1. The van der Waals surface area contributed by atoms with Gasteiger partial charge in [-0.05, 0) is 43.2 Å². The second-order valence-electron chi connectivity index (χ2n) is 8.32. The Labute approximate surface area is 190 Å². The third-order valence-electron chi connectivity index (χ3n) is 5.78. The zero-order valence-corrected chi connectivity index (χ0v) is 19.1. The van der Waals surface area contributed by atoms with Crippen LogP contribution in [0.15, 0.2) is 47.2 Å². The molecule has 0 spiro atoms. The van der Waals surface area contributed by atoms with E-state index in [0.29, 0.717) is 41.5 Å². The summed E-state index contributed by atoms with van der Waals surface area (Å²) >= 11 is 0. The number of amides is 1. The molecule has 4 heterocycles. The van der Waals surface area contributed by atoms with Crippen molar-refractivity contribution in [3.05, 3.63) is 59.5 Å². The van der Waals surface area contributed by atoms with Gasteiger partial charge in [-0.1, -0.05) is 17.3 Å². The Morgan fingerprint density at radius 3 is 2.73 bits per heavy atom. The summed E-state index contributed by atoms with van der Waals surface area (Å²) < 4.78 is 30.3. The van der Waals surface area contributed by atoms with Crippen LogP contribution in [0.3, 0.4) is 0 Å². The predicted molar refractivity (Wildman–Crippen MR) is 123 cm³/mol. The van der Waals surface area contributed by atoms with Gasteiger partial charge in [0.15, 0.2) is 9.84 Å². The Morgan fingerprint density at radius 1 is 1.18 bits per heavy atom. The van der Waals surface area contributed by atoms with Gasteiger partial charge in [-0.3, -0.25) is 9.20 Å². The number of carbonyl (C=O) groups is 1. The molecule has 1 N–H and O–H groups in total. The standard InChI is InChI=1S/C22H22N6O4S/c1-13-6-7-28-18(10-23-19(28)8-13)21(29)24-17-9-15(5-4-14(17)2)20-25-22(32-26-20)27-11-16(12-27)33(3,30)31/h4-10,16H,11-12H2,1-3H3,(H,24,29). The van der Waals surface area contributed by atoms with E-state index in [9.17, 15) is 13.2 Å². The molecule has 0 bridgehead atoms. The highest BCUT2D eigenvalue weighted by atomic mass is 32.2. The van der Waals surface area contributed by atoms with Crippen molar-refractivity contribution < 1.29 is 17.7 Å². The number of hydrogen-bond donors (Lipinski definition) is 1. The summed E-state index contributed by atoms with van der Waals surface area (Å²) in [4.78, 5) is 23.4. The van der Waals surface area contributed by atoms with Crippen LogP contribution in [0.2, 0.25) is 0 Å². The Balaban J connectivity index is 1.36. The van der Waals surface area contributed by atoms with Crippen molar-refractivity contribution in [3.8, 4) is 11.4 Å². The zero-order valence-electron chi connectivity index (χ0n) is 18.3. The van der Waals surface area contributed by atoms with Gasteiger partial charge in [-0.2, -0.15) is 4.98 Å². The molecule has 0 saturated carbocycles. The molecule has 0 aliphatic carbocycles. The van der Waals surface area contributed by atoms with Crippen LogP contribution in [0.4, 0.5) is 11.7 Å². The van der Waals surface area contributed by atoms with E-state index in [2.05, 4.69) is 20.4 Å². The number of aryl methyl sites for hydroxylation is 2. The van der Waals surface area contributed by atoms with Crippen molar-refractivity contribution in [2.45, 2.75) is 19.1 Å². The van der Waals surface area contributed by atoms with Gasteiger partial charge >= 0.3 is 6.01 Å². The van der Waals surface area contributed by atoms with Crippen LogP contribution in [0.25, 0.3) is 17.0 Å². The highest BCUT2D eigenvalue weighted by Crippen LogP contribution is 2.28. The molecule has 1 aromatic carbocycles. The maximum absolute atomic E-state index is 12.9. The molecule has 1 aliphatic rings. The maximum atomic E-state index is 12.9. The molecule has 1 saturated heterocycles. The van der Waals surface area contributed by atoms with Crippen LogP contribution in [-0.2, 0) is 9.84 Å². The lowest BCUT2D eigenvalue weighted by atomic mass is 10.1. The number of benzene rings is 1. The molecule has 4 aromatic rings. The number of nitrogens with zero attached hydrogens (tertiary/aromatic N) is 5. The van der Waals surface area contributed by atoms with Gasteiger partial charge in [0.1, 0.15) is 11.3 Å². The first kappa shape index (κ1) is 21.1. The SMILES string of the molecule is Cc1ccn2c(C(=O)Nc3cc(-c4noc(N5CC(S(C)(=O)=O)C5)n4)ccc3C)cnc2c1. The van der Waals surface area contributed by atoms with Crippen LogP contribution in [0.1, 0.15) is 21.6 Å². The van der Waals surface area contributed by atoms with E-state index in [0.717, 1.165) is 11.1 Å². The van der Waals surface area contributed by atoms with Gasteiger partial charge in [-0.25, -0.2) is 13.4 Å². The molecule has 33 heavy (non-hydrogen) atoms. The summed E-state index contributed by atoms with van der Waals surface area (Å²) in [6.07, 6.45) is 4.59. The largest absolute Gasteiger partial charge is 0.324 e. The van der Waals surface area contributed by atoms with Gasteiger partial charge in [-0.15, -0.1) is 0 Å². The van der Waals surface area contributed by atoms with Crippen LogP contribution in [0, 0.1) is 13.8 Å². The van der Waals surface area contributed by atoms with Crippen molar-refractivity contribution in [2.24, 2.45) is 0 Å². The fraction of sp³-hybridized carbons (Fsp3) is 0.273. The van der Waals surface area contributed by atoms with Crippen LogP contribution in [0.5, 0.6) is 0 Å². The van der Waals surface area contributed by atoms with E-state index in [1.54, 1.807) is 21.6 Å². The first-order valence-electron chi connectivity index (χ1n) is 10.3.